The van der Waals surface area contributed by atoms with Gasteiger partial charge in [0.2, 0.25) is 5.88 Å². The van der Waals surface area contributed by atoms with Crippen LogP contribution in [0, 0.1) is 0 Å². The molecule has 7 heteroatoms. The SMILES string of the molecule is COc1ncc(-c2ccc3ncnc(C4CCNCC4)c3c2)cc1N1C(C)=CSC1C. The maximum atomic E-state index is 5.60. The van der Waals surface area contributed by atoms with Crippen LogP contribution in [0.1, 0.15) is 38.3 Å². The van der Waals surface area contributed by atoms with Gasteiger partial charge in [-0.2, -0.15) is 0 Å². The summed E-state index contributed by atoms with van der Waals surface area (Å²) in [6, 6.07) is 8.63. The molecule has 2 aliphatic heterocycles. The Kier molecular flexibility index (Phi) is 5.54. The Hall–Kier alpha value is -2.64. The summed E-state index contributed by atoms with van der Waals surface area (Å²) in [5.41, 5.74) is 6.55. The largest absolute Gasteiger partial charge is 0.480 e. The molecule has 3 aromatic rings. The first-order chi connectivity index (χ1) is 15.2. The highest BCUT2D eigenvalue weighted by Crippen LogP contribution is 2.41. The van der Waals surface area contributed by atoms with Gasteiger partial charge in [0.25, 0.3) is 0 Å². The lowest BCUT2D eigenvalue weighted by Crippen LogP contribution is -2.27. The molecule has 0 saturated carbocycles. The number of thioether (sulfide) groups is 1. The van der Waals surface area contributed by atoms with Gasteiger partial charge >= 0.3 is 0 Å². The van der Waals surface area contributed by atoms with Gasteiger partial charge in [0.1, 0.15) is 12.0 Å². The normalized spacial score (nSPS) is 19.6. The third-order valence-electron chi connectivity index (χ3n) is 6.19. The van der Waals surface area contributed by atoms with Gasteiger partial charge in [-0.25, -0.2) is 15.0 Å². The molecule has 1 aromatic carbocycles. The Morgan fingerprint density at radius 1 is 1.10 bits per heavy atom. The van der Waals surface area contributed by atoms with Crippen LogP contribution in [-0.2, 0) is 0 Å². The molecule has 0 spiro atoms. The van der Waals surface area contributed by atoms with E-state index in [2.05, 4.69) is 63.7 Å². The van der Waals surface area contributed by atoms with Crippen LogP contribution in [-0.4, -0.2) is 40.5 Å². The van der Waals surface area contributed by atoms with E-state index in [-0.39, 0.29) is 0 Å². The van der Waals surface area contributed by atoms with Gasteiger partial charge in [-0.05, 0) is 68.9 Å². The average Bonchev–Trinajstić information content (AvgIpc) is 3.16. The van der Waals surface area contributed by atoms with E-state index in [1.807, 2.05) is 18.0 Å². The molecule has 2 aromatic heterocycles. The lowest BCUT2D eigenvalue weighted by Gasteiger charge is -2.26. The molecule has 5 rings (SSSR count). The van der Waals surface area contributed by atoms with Crippen LogP contribution in [0.15, 0.2) is 47.9 Å². The quantitative estimate of drug-likeness (QED) is 0.626. The Morgan fingerprint density at radius 2 is 1.94 bits per heavy atom. The third-order valence-corrected chi connectivity index (χ3v) is 7.27. The highest BCUT2D eigenvalue weighted by atomic mass is 32.2. The highest BCUT2D eigenvalue weighted by molar-refractivity contribution is 8.03. The number of fused-ring (bicyclic) bond motifs is 1. The Morgan fingerprint density at radius 3 is 2.68 bits per heavy atom. The van der Waals surface area contributed by atoms with E-state index in [0.29, 0.717) is 17.2 Å². The molecule has 1 saturated heterocycles. The lowest BCUT2D eigenvalue weighted by molar-refractivity contribution is 0.398. The predicted octanol–water partition coefficient (Wildman–Crippen LogP) is 4.93. The van der Waals surface area contributed by atoms with E-state index in [1.54, 1.807) is 13.4 Å². The first kappa shape index (κ1) is 20.3. The van der Waals surface area contributed by atoms with Crippen LogP contribution in [0.3, 0.4) is 0 Å². The fourth-order valence-electron chi connectivity index (χ4n) is 4.59. The Labute approximate surface area is 187 Å². The third kappa shape index (κ3) is 3.77. The summed E-state index contributed by atoms with van der Waals surface area (Å²) in [5, 5.41) is 7.09. The number of anilines is 1. The van der Waals surface area contributed by atoms with E-state index >= 15 is 0 Å². The number of allylic oxidation sites excluding steroid dienone is 1. The van der Waals surface area contributed by atoms with Crippen molar-refractivity contribution in [2.24, 2.45) is 0 Å². The maximum absolute atomic E-state index is 5.60. The monoisotopic (exact) mass is 433 g/mol. The number of benzene rings is 1. The Balaban J connectivity index is 1.59. The van der Waals surface area contributed by atoms with E-state index in [1.165, 1.54) is 11.4 Å². The van der Waals surface area contributed by atoms with Crippen LogP contribution in [0.2, 0.25) is 0 Å². The standard InChI is InChI=1S/C24H27N5OS/c1-15-13-31-16(2)29(15)22-11-19(12-26-24(22)30-3)18-4-5-21-20(10-18)23(28-14-27-21)17-6-8-25-9-7-17/h4-5,10-14,16-17,25H,6-9H2,1-3H3. The first-order valence-corrected chi connectivity index (χ1v) is 11.7. The molecule has 0 radical (unpaired) electrons. The van der Waals surface area contributed by atoms with Crippen molar-refractivity contribution in [3.63, 3.8) is 0 Å². The van der Waals surface area contributed by atoms with Crippen molar-refractivity contribution in [2.45, 2.75) is 38.0 Å². The zero-order chi connectivity index (χ0) is 21.4. The van der Waals surface area contributed by atoms with Crippen molar-refractivity contribution >= 4 is 28.4 Å². The van der Waals surface area contributed by atoms with Gasteiger partial charge in [-0.15, -0.1) is 11.8 Å². The highest BCUT2D eigenvalue weighted by Gasteiger charge is 2.26. The number of hydrogen-bond acceptors (Lipinski definition) is 7. The topological polar surface area (TPSA) is 63.2 Å². The van der Waals surface area contributed by atoms with Crippen molar-refractivity contribution in [3.8, 4) is 17.0 Å². The zero-order valence-electron chi connectivity index (χ0n) is 18.1. The molecule has 4 heterocycles. The van der Waals surface area contributed by atoms with Gasteiger partial charge in [0.05, 0.1) is 23.7 Å². The number of aromatic nitrogens is 3. The predicted molar refractivity (Wildman–Crippen MR) is 127 cm³/mol. The zero-order valence-corrected chi connectivity index (χ0v) is 18.9. The van der Waals surface area contributed by atoms with Crippen molar-refractivity contribution in [3.05, 3.63) is 53.6 Å². The summed E-state index contributed by atoms with van der Waals surface area (Å²) >= 11 is 1.81. The number of hydrogen-bond donors (Lipinski definition) is 1. The summed E-state index contributed by atoms with van der Waals surface area (Å²) in [6.45, 7) is 6.41. The number of nitrogens with one attached hydrogen (secondary N) is 1. The molecule has 0 bridgehead atoms. The molecular weight excluding hydrogens is 406 g/mol. The summed E-state index contributed by atoms with van der Waals surface area (Å²) in [4.78, 5) is 16.1. The van der Waals surface area contributed by atoms with Gasteiger partial charge < -0.3 is 15.0 Å². The smallest absolute Gasteiger partial charge is 0.237 e. The maximum Gasteiger partial charge on any atom is 0.237 e. The molecular formula is C24H27N5OS. The van der Waals surface area contributed by atoms with Crippen molar-refractivity contribution in [2.75, 3.05) is 25.1 Å². The minimum Gasteiger partial charge on any atom is -0.480 e. The number of piperidine rings is 1. The molecule has 0 amide bonds. The fourth-order valence-corrected chi connectivity index (χ4v) is 5.50. The summed E-state index contributed by atoms with van der Waals surface area (Å²) in [5.74, 6) is 1.12. The number of pyridine rings is 1. The van der Waals surface area contributed by atoms with Gasteiger partial charge in [-0.1, -0.05) is 6.07 Å². The first-order valence-electron chi connectivity index (χ1n) is 10.8. The Bertz CT molecular complexity index is 1140. The van der Waals surface area contributed by atoms with Crippen molar-refractivity contribution in [1.82, 2.24) is 20.3 Å². The van der Waals surface area contributed by atoms with Crippen LogP contribution < -0.4 is 15.0 Å². The summed E-state index contributed by atoms with van der Waals surface area (Å²) < 4.78 is 5.60. The van der Waals surface area contributed by atoms with E-state index in [9.17, 15) is 0 Å². The second-order valence-corrected chi connectivity index (χ2v) is 9.32. The molecule has 1 atom stereocenters. The van der Waals surface area contributed by atoms with Gasteiger partial charge in [0.15, 0.2) is 0 Å². The van der Waals surface area contributed by atoms with Crippen LogP contribution in [0.4, 0.5) is 5.69 Å². The molecule has 0 aliphatic carbocycles. The second kappa shape index (κ2) is 8.48. The average molecular weight is 434 g/mol. The van der Waals surface area contributed by atoms with Gasteiger partial charge in [-0.3, -0.25) is 0 Å². The molecule has 1 unspecified atom stereocenters. The van der Waals surface area contributed by atoms with Crippen LogP contribution >= 0.6 is 11.8 Å². The minimum atomic E-state index is 0.308. The molecule has 2 aliphatic rings. The molecule has 160 valence electrons. The van der Waals surface area contributed by atoms with Crippen molar-refractivity contribution < 1.29 is 4.74 Å². The van der Waals surface area contributed by atoms with E-state index < -0.39 is 0 Å². The number of rotatable bonds is 4. The van der Waals surface area contributed by atoms with E-state index in [4.69, 9.17) is 9.72 Å². The van der Waals surface area contributed by atoms with Crippen molar-refractivity contribution in [1.29, 1.82) is 0 Å². The second-order valence-electron chi connectivity index (χ2n) is 8.13. The number of ether oxygens (including phenoxy) is 1. The van der Waals surface area contributed by atoms with Crippen LogP contribution in [0.25, 0.3) is 22.0 Å². The van der Waals surface area contributed by atoms with Gasteiger partial charge in [0, 0.05) is 28.8 Å². The lowest BCUT2D eigenvalue weighted by atomic mass is 9.91. The minimum absolute atomic E-state index is 0.308. The fraction of sp³-hybridized carbons (Fsp3) is 0.375. The van der Waals surface area contributed by atoms with E-state index in [0.717, 1.165) is 53.6 Å². The number of nitrogens with zero attached hydrogens (tertiary/aromatic N) is 4. The molecule has 1 N–H and O–H groups in total. The summed E-state index contributed by atoms with van der Waals surface area (Å²) in [7, 11) is 1.68. The molecule has 1 fully saturated rings. The molecule has 6 nitrogen and oxygen atoms in total. The molecule has 31 heavy (non-hydrogen) atoms. The van der Waals surface area contributed by atoms with Crippen LogP contribution in [0.5, 0.6) is 5.88 Å². The number of methoxy groups -OCH3 is 1. The summed E-state index contributed by atoms with van der Waals surface area (Å²) in [6.07, 6.45) is 5.82.